The second-order valence-corrected chi connectivity index (χ2v) is 7.69. The van der Waals surface area contributed by atoms with Crippen LogP contribution in [0, 0.1) is 12.8 Å². The van der Waals surface area contributed by atoms with E-state index >= 15 is 0 Å². The van der Waals surface area contributed by atoms with Crippen molar-refractivity contribution >= 4 is 23.0 Å². The van der Waals surface area contributed by atoms with Gasteiger partial charge in [0.2, 0.25) is 0 Å². The van der Waals surface area contributed by atoms with Crippen molar-refractivity contribution in [2.24, 2.45) is 5.92 Å². The van der Waals surface area contributed by atoms with Gasteiger partial charge in [0.15, 0.2) is 11.6 Å². The lowest BCUT2D eigenvalue weighted by molar-refractivity contribution is 0.368. The summed E-state index contributed by atoms with van der Waals surface area (Å²) in [6.07, 6.45) is 6.73. The molecule has 1 aromatic heterocycles. The molecule has 2 aromatic carbocycles. The molecule has 0 fully saturated rings. The smallest absolute Gasteiger partial charge is 0.178 e. The maximum absolute atomic E-state index is 4.76. The number of aromatic nitrogens is 2. The number of hydrogen-bond acceptors (Lipinski definition) is 4. The van der Waals surface area contributed by atoms with Crippen molar-refractivity contribution in [1.82, 2.24) is 9.97 Å². The van der Waals surface area contributed by atoms with Gasteiger partial charge in [-0.25, -0.2) is 9.97 Å². The molecule has 0 aliphatic carbocycles. The van der Waals surface area contributed by atoms with E-state index in [1.807, 2.05) is 6.08 Å². The van der Waals surface area contributed by atoms with Gasteiger partial charge in [-0.15, -0.1) is 6.58 Å². The Hall–Kier alpha value is -3.14. The van der Waals surface area contributed by atoms with E-state index < -0.39 is 0 Å². The van der Waals surface area contributed by atoms with Crippen molar-refractivity contribution in [3.8, 4) is 0 Å². The zero-order valence-corrected chi connectivity index (χ0v) is 16.3. The van der Waals surface area contributed by atoms with E-state index in [0.717, 1.165) is 18.1 Å². The van der Waals surface area contributed by atoms with Crippen molar-refractivity contribution in [3.05, 3.63) is 84.7 Å². The first-order valence-corrected chi connectivity index (χ1v) is 9.87. The predicted molar refractivity (Wildman–Crippen MR) is 114 cm³/mol. The molecule has 0 spiro atoms. The summed E-state index contributed by atoms with van der Waals surface area (Å²) in [6.45, 7) is 8.54. The molecule has 0 bridgehead atoms. The maximum Gasteiger partial charge on any atom is 0.178 e. The number of fused-ring (bicyclic) bond motifs is 5. The number of anilines is 4. The van der Waals surface area contributed by atoms with E-state index in [1.165, 1.54) is 22.5 Å². The number of rotatable bonds is 3. The summed E-state index contributed by atoms with van der Waals surface area (Å²) >= 11 is 0. The van der Waals surface area contributed by atoms with Gasteiger partial charge >= 0.3 is 0 Å². The van der Waals surface area contributed by atoms with Gasteiger partial charge in [0.05, 0.1) is 0 Å². The maximum atomic E-state index is 4.76. The van der Waals surface area contributed by atoms with Crippen molar-refractivity contribution in [1.29, 1.82) is 0 Å². The van der Waals surface area contributed by atoms with Crippen LogP contribution in [-0.2, 0) is 0 Å². The Morgan fingerprint density at radius 3 is 2.21 bits per heavy atom. The molecule has 3 aromatic rings. The fourth-order valence-electron chi connectivity index (χ4n) is 4.88. The molecule has 3 unspecified atom stereocenters. The fourth-order valence-corrected chi connectivity index (χ4v) is 4.88. The highest BCUT2D eigenvalue weighted by atomic mass is 15.5. The average Bonchev–Trinajstić information content (AvgIpc) is 3.07. The van der Waals surface area contributed by atoms with E-state index in [-0.39, 0.29) is 6.17 Å². The quantitative estimate of drug-likeness (QED) is 0.554. The Kier molecular flexibility index (Phi) is 3.93. The third-order valence-corrected chi connectivity index (χ3v) is 6.14. The summed E-state index contributed by atoms with van der Waals surface area (Å²) in [5.41, 5.74) is 5.04. The van der Waals surface area contributed by atoms with Crippen LogP contribution in [0.15, 0.2) is 73.6 Å². The van der Waals surface area contributed by atoms with Gasteiger partial charge in [-0.05, 0) is 42.5 Å². The van der Waals surface area contributed by atoms with Gasteiger partial charge < -0.3 is 9.80 Å². The lowest BCUT2D eigenvalue weighted by Gasteiger charge is -2.45. The van der Waals surface area contributed by atoms with Crippen LogP contribution in [0.5, 0.6) is 0 Å². The van der Waals surface area contributed by atoms with E-state index in [1.54, 1.807) is 12.4 Å². The molecule has 3 heterocycles. The molecule has 0 amide bonds. The van der Waals surface area contributed by atoms with Crippen molar-refractivity contribution in [2.45, 2.75) is 32.4 Å². The zero-order chi connectivity index (χ0) is 19.3. The van der Waals surface area contributed by atoms with E-state index in [0.29, 0.717) is 11.8 Å². The molecule has 140 valence electrons. The molecular formula is C24H24N4. The number of benzene rings is 2. The molecule has 4 heteroatoms. The number of para-hydroxylation sites is 2. The highest BCUT2D eigenvalue weighted by Crippen LogP contribution is 2.55. The Balaban J connectivity index is 1.77. The minimum Gasteiger partial charge on any atom is -0.301 e. The van der Waals surface area contributed by atoms with Crippen molar-refractivity contribution in [3.63, 3.8) is 0 Å². The Morgan fingerprint density at radius 1 is 0.929 bits per heavy atom. The lowest BCUT2D eigenvalue weighted by atomic mass is 9.78. The second-order valence-electron chi connectivity index (χ2n) is 7.69. The molecule has 0 saturated heterocycles. The highest BCUT2D eigenvalue weighted by molar-refractivity contribution is 5.86. The fraction of sp³-hybridized carbons (Fsp3) is 0.250. The number of nitrogens with zero attached hydrogens (tertiary/aromatic N) is 4. The Bertz CT molecular complexity index is 1040. The predicted octanol–water partition coefficient (Wildman–Crippen LogP) is 5.71. The zero-order valence-electron chi connectivity index (χ0n) is 16.3. The van der Waals surface area contributed by atoms with Gasteiger partial charge in [0, 0.05) is 29.7 Å². The summed E-state index contributed by atoms with van der Waals surface area (Å²) in [4.78, 5) is 14.3. The van der Waals surface area contributed by atoms with Crippen LogP contribution in [0.2, 0.25) is 0 Å². The monoisotopic (exact) mass is 368 g/mol. The van der Waals surface area contributed by atoms with Crippen LogP contribution in [0.25, 0.3) is 0 Å². The first kappa shape index (κ1) is 17.0. The lowest BCUT2D eigenvalue weighted by Crippen LogP contribution is -2.48. The molecule has 0 N–H and O–H groups in total. The van der Waals surface area contributed by atoms with E-state index in [9.17, 15) is 0 Å². The number of hydrogen-bond donors (Lipinski definition) is 0. The van der Waals surface area contributed by atoms with Gasteiger partial charge in [-0.3, -0.25) is 0 Å². The van der Waals surface area contributed by atoms with Gasteiger partial charge in [-0.1, -0.05) is 49.4 Å². The molecular weight excluding hydrogens is 344 g/mol. The number of aryl methyl sites for hydroxylation is 1. The Labute approximate surface area is 166 Å². The first-order chi connectivity index (χ1) is 13.7. The van der Waals surface area contributed by atoms with Crippen molar-refractivity contribution in [2.75, 3.05) is 9.80 Å². The average molecular weight is 368 g/mol. The van der Waals surface area contributed by atoms with Gasteiger partial charge in [0.25, 0.3) is 0 Å². The molecule has 2 aliphatic rings. The third kappa shape index (κ3) is 2.30. The molecule has 0 radical (unpaired) electrons. The third-order valence-electron chi connectivity index (χ3n) is 6.14. The molecule has 5 rings (SSSR count). The molecule has 0 saturated carbocycles. The Morgan fingerprint density at radius 2 is 1.54 bits per heavy atom. The first-order valence-electron chi connectivity index (χ1n) is 9.87. The summed E-state index contributed by atoms with van der Waals surface area (Å²) in [5, 5.41) is 0. The molecule has 4 nitrogen and oxygen atoms in total. The van der Waals surface area contributed by atoms with Crippen molar-refractivity contribution < 1.29 is 0 Å². The van der Waals surface area contributed by atoms with E-state index in [4.69, 9.17) is 9.97 Å². The molecule has 2 aliphatic heterocycles. The van der Waals surface area contributed by atoms with Gasteiger partial charge in [0.1, 0.15) is 6.17 Å². The minimum absolute atomic E-state index is 0.137. The highest BCUT2D eigenvalue weighted by Gasteiger charge is 2.49. The van der Waals surface area contributed by atoms with Crippen LogP contribution in [0.3, 0.4) is 0 Å². The van der Waals surface area contributed by atoms with E-state index in [2.05, 4.69) is 78.8 Å². The van der Waals surface area contributed by atoms with Crippen LogP contribution < -0.4 is 9.80 Å². The standard InChI is InChI=1S/C24H24N4/c1-4-9-18-17(3)24-27(20-12-7-5-10-16(20)2)22-23(26-15-14-25-22)28(24)21-13-8-6-11-19(18)21/h4-8,10-15,17-18,24H,1,9H2,2-3H3. The normalized spacial score (nSPS) is 22.4. The van der Waals surface area contributed by atoms with Crippen LogP contribution >= 0.6 is 0 Å². The molecule has 28 heavy (non-hydrogen) atoms. The second kappa shape index (κ2) is 6.48. The number of allylic oxidation sites excluding steroid dienone is 1. The topological polar surface area (TPSA) is 32.3 Å². The van der Waals surface area contributed by atoms with Gasteiger partial charge in [-0.2, -0.15) is 0 Å². The van der Waals surface area contributed by atoms with Crippen LogP contribution in [-0.4, -0.2) is 16.1 Å². The molecule has 3 atom stereocenters. The summed E-state index contributed by atoms with van der Waals surface area (Å²) < 4.78 is 0. The largest absolute Gasteiger partial charge is 0.301 e. The minimum atomic E-state index is 0.137. The SMILES string of the molecule is C=CCC1c2ccccc2N2c3nccnc3N(c3ccccc3C)C2C1C. The summed E-state index contributed by atoms with van der Waals surface area (Å²) in [6, 6.07) is 17.3. The summed E-state index contributed by atoms with van der Waals surface area (Å²) in [7, 11) is 0. The van der Waals surface area contributed by atoms with Crippen LogP contribution in [0.1, 0.15) is 30.4 Å². The summed E-state index contributed by atoms with van der Waals surface area (Å²) in [5.74, 6) is 2.66. The van der Waals surface area contributed by atoms with Crippen LogP contribution in [0.4, 0.5) is 23.0 Å².